The molecule has 1 N–H and O–H groups in total. The molecule has 1 aliphatic heterocycles. The van der Waals surface area contributed by atoms with Gasteiger partial charge in [0.2, 0.25) is 5.91 Å². The molecule has 1 saturated carbocycles. The highest BCUT2D eigenvalue weighted by Gasteiger charge is 2.40. The van der Waals surface area contributed by atoms with Crippen molar-refractivity contribution in [1.82, 2.24) is 10.2 Å². The first-order valence-electron chi connectivity index (χ1n) is 7.48. The van der Waals surface area contributed by atoms with Crippen molar-refractivity contribution in [2.45, 2.75) is 76.4 Å². The van der Waals surface area contributed by atoms with Crippen molar-refractivity contribution in [1.29, 1.82) is 5.26 Å². The first-order chi connectivity index (χ1) is 9.03. The zero-order valence-corrected chi connectivity index (χ0v) is 12.1. The summed E-state index contributed by atoms with van der Waals surface area (Å²) in [7, 11) is 0. The first kappa shape index (κ1) is 14.3. The standard InChI is InChI=1S/C15H25N3O/c1-15(2)11-18(12-7-5-3-4-6-8-12)14(19)13(17-15)9-10-16/h12-13,17H,3-9,11H2,1-2H3. The summed E-state index contributed by atoms with van der Waals surface area (Å²) >= 11 is 0. The Labute approximate surface area is 116 Å². The molecule has 1 aliphatic carbocycles. The molecule has 0 spiro atoms. The number of piperazine rings is 1. The zero-order chi connectivity index (χ0) is 13.9. The summed E-state index contributed by atoms with van der Waals surface area (Å²) in [5.74, 6) is 0.132. The topological polar surface area (TPSA) is 56.1 Å². The van der Waals surface area contributed by atoms with Gasteiger partial charge < -0.3 is 4.90 Å². The molecule has 2 fully saturated rings. The van der Waals surface area contributed by atoms with Crippen molar-refractivity contribution in [3.63, 3.8) is 0 Å². The number of carbonyl (C=O) groups excluding carboxylic acids is 1. The number of rotatable bonds is 2. The lowest BCUT2D eigenvalue weighted by Gasteiger charge is -2.46. The van der Waals surface area contributed by atoms with Crippen LogP contribution >= 0.6 is 0 Å². The third-order valence-corrected chi connectivity index (χ3v) is 4.27. The molecule has 19 heavy (non-hydrogen) atoms. The highest BCUT2D eigenvalue weighted by molar-refractivity contribution is 5.83. The maximum Gasteiger partial charge on any atom is 0.241 e. The van der Waals surface area contributed by atoms with E-state index in [-0.39, 0.29) is 23.9 Å². The predicted molar refractivity (Wildman–Crippen MR) is 74.4 cm³/mol. The van der Waals surface area contributed by atoms with Gasteiger partial charge in [0.1, 0.15) is 6.04 Å². The summed E-state index contributed by atoms with van der Waals surface area (Å²) in [5, 5.41) is 12.2. The van der Waals surface area contributed by atoms with E-state index in [9.17, 15) is 4.79 Å². The molecule has 0 aromatic heterocycles. The van der Waals surface area contributed by atoms with Crippen LogP contribution in [0.2, 0.25) is 0 Å². The van der Waals surface area contributed by atoms with E-state index in [0.717, 1.165) is 19.4 Å². The van der Waals surface area contributed by atoms with E-state index in [2.05, 4.69) is 30.1 Å². The van der Waals surface area contributed by atoms with Crippen molar-refractivity contribution >= 4 is 5.91 Å². The van der Waals surface area contributed by atoms with Crippen LogP contribution < -0.4 is 5.32 Å². The summed E-state index contributed by atoms with van der Waals surface area (Å²) in [5.41, 5.74) is -0.0955. The maximum atomic E-state index is 12.5. The fraction of sp³-hybridized carbons (Fsp3) is 0.867. The molecule has 1 saturated heterocycles. The SMILES string of the molecule is CC1(C)CN(C2CCCCCC2)C(=O)C(CC#N)N1. The van der Waals surface area contributed by atoms with Gasteiger partial charge in [-0.15, -0.1) is 0 Å². The highest BCUT2D eigenvalue weighted by atomic mass is 16.2. The Morgan fingerprint density at radius 2 is 1.95 bits per heavy atom. The van der Waals surface area contributed by atoms with Crippen molar-refractivity contribution in [3.05, 3.63) is 0 Å². The van der Waals surface area contributed by atoms with Crippen LogP contribution in [0.1, 0.15) is 58.8 Å². The van der Waals surface area contributed by atoms with Crippen LogP contribution in [0, 0.1) is 11.3 Å². The maximum absolute atomic E-state index is 12.5. The third-order valence-electron chi connectivity index (χ3n) is 4.27. The monoisotopic (exact) mass is 263 g/mol. The van der Waals surface area contributed by atoms with Crippen molar-refractivity contribution in [2.75, 3.05) is 6.54 Å². The minimum atomic E-state index is -0.322. The van der Waals surface area contributed by atoms with E-state index in [0.29, 0.717) is 6.04 Å². The van der Waals surface area contributed by atoms with Crippen LogP contribution in [0.4, 0.5) is 0 Å². The van der Waals surface area contributed by atoms with Crippen molar-refractivity contribution in [3.8, 4) is 6.07 Å². The van der Waals surface area contributed by atoms with Crippen LogP contribution in [-0.4, -0.2) is 35.0 Å². The summed E-state index contributed by atoms with van der Waals surface area (Å²) in [6.45, 7) is 5.00. The van der Waals surface area contributed by atoms with E-state index >= 15 is 0 Å². The number of nitriles is 1. The fourth-order valence-electron chi connectivity index (χ4n) is 3.39. The smallest absolute Gasteiger partial charge is 0.241 e. The van der Waals surface area contributed by atoms with Crippen LogP contribution in [0.3, 0.4) is 0 Å². The van der Waals surface area contributed by atoms with Gasteiger partial charge in [0.25, 0.3) is 0 Å². The quantitative estimate of drug-likeness (QED) is 0.777. The summed E-state index contributed by atoms with van der Waals surface area (Å²) < 4.78 is 0. The van der Waals surface area contributed by atoms with Crippen molar-refractivity contribution < 1.29 is 4.79 Å². The second kappa shape index (κ2) is 5.92. The van der Waals surface area contributed by atoms with Gasteiger partial charge in [-0.3, -0.25) is 10.1 Å². The van der Waals surface area contributed by atoms with E-state index in [1.807, 2.05) is 0 Å². The van der Waals surface area contributed by atoms with E-state index < -0.39 is 0 Å². The number of hydrogen-bond donors (Lipinski definition) is 1. The van der Waals surface area contributed by atoms with E-state index in [1.54, 1.807) is 0 Å². The molecule has 106 valence electrons. The number of nitrogens with one attached hydrogen (secondary N) is 1. The molecule has 1 unspecified atom stereocenters. The van der Waals surface area contributed by atoms with Gasteiger partial charge in [-0.25, -0.2) is 0 Å². The third kappa shape index (κ3) is 3.48. The lowest BCUT2D eigenvalue weighted by molar-refractivity contribution is -0.141. The summed E-state index contributed by atoms with van der Waals surface area (Å²) in [4.78, 5) is 14.6. The molecule has 2 rings (SSSR count). The minimum Gasteiger partial charge on any atom is -0.337 e. The minimum absolute atomic E-state index is 0.0955. The molecule has 4 heteroatoms. The number of amides is 1. The van der Waals surface area contributed by atoms with Gasteiger partial charge in [-0.2, -0.15) is 5.26 Å². The number of carbonyl (C=O) groups is 1. The Morgan fingerprint density at radius 3 is 2.53 bits per heavy atom. The Hall–Kier alpha value is -1.08. The lowest BCUT2D eigenvalue weighted by Crippen LogP contribution is -2.66. The Balaban J connectivity index is 2.12. The summed E-state index contributed by atoms with van der Waals surface area (Å²) in [6.07, 6.45) is 7.56. The molecule has 0 aromatic carbocycles. The van der Waals surface area contributed by atoms with E-state index in [4.69, 9.17) is 5.26 Å². The second-order valence-electron chi connectivity index (χ2n) is 6.55. The molecule has 0 radical (unpaired) electrons. The molecule has 2 aliphatic rings. The molecule has 4 nitrogen and oxygen atoms in total. The van der Waals surface area contributed by atoms with Crippen molar-refractivity contribution in [2.24, 2.45) is 0 Å². The Morgan fingerprint density at radius 1 is 1.32 bits per heavy atom. The Bertz CT molecular complexity index is 364. The average Bonchev–Trinajstić information content (AvgIpc) is 2.62. The Kier molecular flexibility index (Phi) is 4.46. The first-order valence-corrected chi connectivity index (χ1v) is 7.48. The zero-order valence-electron chi connectivity index (χ0n) is 12.1. The number of nitrogens with zero attached hydrogens (tertiary/aromatic N) is 2. The molecule has 1 heterocycles. The predicted octanol–water partition coefficient (Wildman–Crippen LogP) is 2.20. The summed E-state index contributed by atoms with van der Waals surface area (Å²) in [6, 6.07) is 2.20. The second-order valence-corrected chi connectivity index (χ2v) is 6.55. The van der Waals surface area contributed by atoms with Gasteiger partial charge >= 0.3 is 0 Å². The van der Waals surface area contributed by atoms with Crippen LogP contribution in [0.25, 0.3) is 0 Å². The molecular formula is C15H25N3O. The van der Waals surface area contributed by atoms with Crippen LogP contribution in [0.5, 0.6) is 0 Å². The van der Waals surface area contributed by atoms with Crippen LogP contribution in [0.15, 0.2) is 0 Å². The number of hydrogen-bond acceptors (Lipinski definition) is 3. The molecule has 0 bridgehead atoms. The van der Waals surface area contributed by atoms with Gasteiger partial charge in [-0.1, -0.05) is 25.7 Å². The van der Waals surface area contributed by atoms with Gasteiger partial charge in [0.15, 0.2) is 0 Å². The molecular weight excluding hydrogens is 238 g/mol. The lowest BCUT2D eigenvalue weighted by atomic mass is 9.93. The molecule has 1 atom stereocenters. The molecule has 1 amide bonds. The molecule has 0 aromatic rings. The average molecular weight is 263 g/mol. The van der Waals surface area contributed by atoms with Crippen LogP contribution in [-0.2, 0) is 4.79 Å². The normalized spacial score (nSPS) is 28.8. The largest absolute Gasteiger partial charge is 0.337 e. The van der Waals surface area contributed by atoms with Gasteiger partial charge in [-0.05, 0) is 26.7 Å². The highest BCUT2D eigenvalue weighted by Crippen LogP contribution is 2.27. The van der Waals surface area contributed by atoms with E-state index in [1.165, 1.54) is 25.7 Å². The van der Waals surface area contributed by atoms with Gasteiger partial charge in [0.05, 0.1) is 12.5 Å². The fourth-order valence-corrected chi connectivity index (χ4v) is 3.39. The van der Waals surface area contributed by atoms with Gasteiger partial charge in [0, 0.05) is 18.1 Å².